The molecule has 0 spiro atoms. The summed E-state index contributed by atoms with van der Waals surface area (Å²) in [5.74, 6) is -0.975. The van der Waals surface area contributed by atoms with Crippen molar-refractivity contribution in [3.05, 3.63) is 47.3 Å². The summed E-state index contributed by atoms with van der Waals surface area (Å²) in [6.07, 6.45) is 1.84. The third-order valence-electron chi connectivity index (χ3n) is 4.00. The second-order valence-corrected chi connectivity index (χ2v) is 5.69. The minimum Gasteiger partial charge on any atom is -0.300 e. The molecule has 20 heavy (non-hydrogen) atoms. The number of halogens is 1. The maximum absolute atomic E-state index is 13.2. The van der Waals surface area contributed by atoms with Crippen LogP contribution in [-0.4, -0.2) is 11.6 Å². The van der Waals surface area contributed by atoms with Crippen molar-refractivity contribution in [3.63, 3.8) is 0 Å². The highest BCUT2D eigenvalue weighted by Gasteiger charge is 2.38. The normalized spacial score (nSPS) is 18.8. The van der Waals surface area contributed by atoms with Gasteiger partial charge in [0.1, 0.15) is 11.6 Å². The molecule has 1 aliphatic carbocycles. The second kappa shape index (κ2) is 5.70. The van der Waals surface area contributed by atoms with Crippen molar-refractivity contribution in [2.24, 2.45) is 11.8 Å². The average molecular weight is 276 g/mol. The van der Waals surface area contributed by atoms with E-state index in [4.69, 9.17) is 0 Å². The number of benzene rings is 1. The van der Waals surface area contributed by atoms with E-state index >= 15 is 0 Å². The molecule has 3 heteroatoms. The Morgan fingerprint density at radius 3 is 2.80 bits per heavy atom. The molecular formula is C17H21FO2. The molecule has 0 aliphatic heterocycles. The van der Waals surface area contributed by atoms with Gasteiger partial charge in [0, 0.05) is 18.8 Å². The van der Waals surface area contributed by atoms with Crippen LogP contribution in [-0.2, 0) is 11.2 Å². The lowest BCUT2D eigenvalue weighted by molar-refractivity contribution is -0.122. The third-order valence-corrected chi connectivity index (χ3v) is 4.00. The number of carbonyl (C=O) groups is 2. The molecule has 2 unspecified atom stereocenters. The summed E-state index contributed by atoms with van der Waals surface area (Å²) in [5, 5.41) is 0. The number of carbonyl (C=O) groups excluding carboxylic acids is 2. The molecule has 0 fully saturated rings. The van der Waals surface area contributed by atoms with Crippen molar-refractivity contribution >= 4 is 11.6 Å². The molecule has 0 bridgehead atoms. The van der Waals surface area contributed by atoms with Crippen LogP contribution in [0.4, 0.5) is 4.39 Å². The zero-order chi connectivity index (χ0) is 14.9. The van der Waals surface area contributed by atoms with E-state index < -0.39 is 0 Å². The van der Waals surface area contributed by atoms with Crippen LogP contribution < -0.4 is 0 Å². The van der Waals surface area contributed by atoms with E-state index in [9.17, 15) is 14.0 Å². The van der Waals surface area contributed by atoms with Crippen molar-refractivity contribution in [2.45, 2.75) is 33.1 Å². The molecule has 2 atom stereocenters. The maximum Gasteiger partial charge on any atom is 0.167 e. The summed E-state index contributed by atoms with van der Waals surface area (Å²) in [4.78, 5) is 24.3. The van der Waals surface area contributed by atoms with E-state index in [1.54, 1.807) is 0 Å². The van der Waals surface area contributed by atoms with E-state index in [-0.39, 0.29) is 30.6 Å². The Hall–Kier alpha value is -1.77. The summed E-state index contributed by atoms with van der Waals surface area (Å²) < 4.78 is 13.2. The van der Waals surface area contributed by atoms with Gasteiger partial charge in [0.05, 0.1) is 0 Å². The van der Waals surface area contributed by atoms with Gasteiger partial charge in [-0.3, -0.25) is 9.59 Å². The Labute approximate surface area is 120 Å². The van der Waals surface area contributed by atoms with Crippen LogP contribution >= 0.6 is 0 Å². The molecule has 1 aliphatic rings. The zero-order valence-corrected chi connectivity index (χ0v) is 11.9. The molecule has 0 heterocycles. The molecule has 108 valence electrons. The summed E-state index contributed by atoms with van der Waals surface area (Å²) in [6, 6.07) is 4.24. The fourth-order valence-electron chi connectivity index (χ4n) is 2.92. The molecule has 0 saturated heterocycles. The number of hydrogen-bond donors (Lipinski definition) is 0. The Balaban J connectivity index is 0.00000220. The van der Waals surface area contributed by atoms with Crippen LogP contribution in [0, 0.1) is 17.7 Å². The fraction of sp³-hybridized carbons (Fsp3) is 0.412. The smallest absolute Gasteiger partial charge is 0.167 e. The number of fused-ring (bicyclic) bond motifs is 1. The average Bonchev–Trinajstić information content (AvgIpc) is 2.66. The molecule has 2 nitrogen and oxygen atoms in total. The van der Waals surface area contributed by atoms with Gasteiger partial charge in [0.15, 0.2) is 5.78 Å². The molecule has 0 N–H and O–H groups in total. The van der Waals surface area contributed by atoms with E-state index in [1.165, 1.54) is 25.1 Å². The number of hydrogen-bond acceptors (Lipinski definition) is 2. The molecule has 1 aromatic carbocycles. The minimum atomic E-state index is -0.344. The first-order valence-corrected chi connectivity index (χ1v) is 6.87. The first kappa shape index (κ1) is 14.6. The van der Waals surface area contributed by atoms with Gasteiger partial charge in [-0.05, 0) is 56.9 Å². The third kappa shape index (κ3) is 2.87. The summed E-state index contributed by atoms with van der Waals surface area (Å²) in [7, 11) is 0. The molecule has 0 amide bonds. The summed E-state index contributed by atoms with van der Waals surface area (Å²) in [6.45, 7) is 7.28. The van der Waals surface area contributed by atoms with Crippen molar-refractivity contribution in [1.82, 2.24) is 0 Å². The second-order valence-electron chi connectivity index (χ2n) is 5.69. The Kier molecular flexibility index (Phi) is 4.17. The first-order valence-electron chi connectivity index (χ1n) is 6.87. The standard InChI is InChI=1S/C17H19FO2.H2/c1-10(2)4-6-14(11(3)19)16-9-12-8-13(18)5-7-15(12)17(16)20;/h5,7-8,14,16H,1,4,6,9H2,2-3H3;1H. The number of ketones is 2. The number of rotatable bonds is 5. The summed E-state index contributed by atoms with van der Waals surface area (Å²) in [5.41, 5.74) is 2.30. The van der Waals surface area contributed by atoms with Crippen molar-refractivity contribution in [2.75, 3.05) is 0 Å². The molecular weight excluding hydrogens is 255 g/mol. The van der Waals surface area contributed by atoms with Gasteiger partial charge in [-0.2, -0.15) is 0 Å². The van der Waals surface area contributed by atoms with Gasteiger partial charge in [-0.1, -0.05) is 5.57 Å². The topological polar surface area (TPSA) is 34.1 Å². The Morgan fingerprint density at radius 1 is 1.50 bits per heavy atom. The number of allylic oxidation sites excluding steroid dienone is 1. The SMILES string of the molecule is C=C(C)CCC(C(C)=O)C1Cc2cc(F)ccc2C1=O.[HH]. The van der Waals surface area contributed by atoms with Crippen LogP contribution in [0.5, 0.6) is 0 Å². The molecule has 0 radical (unpaired) electrons. The highest BCUT2D eigenvalue weighted by molar-refractivity contribution is 6.04. The fourth-order valence-corrected chi connectivity index (χ4v) is 2.92. The molecule has 0 aromatic heterocycles. The van der Waals surface area contributed by atoms with Crippen LogP contribution in [0.3, 0.4) is 0 Å². The van der Waals surface area contributed by atoms with Gasteiger partial charge in [-0.25, -0.2) is 4.39 Å². The monoisotopic (exact) mass is 276 g/mol. The van der Waals surface area contributed by atoms with Crippen molar-refractivity contribution < 1.29 is 15.4 Å². The van der Waals surface area contributed by atoms with Crippen molar-refractivity contribution in [3.8, 4) is 0 Å². The predicted octanol–water partition coefficient (Wildman–Crippen LogP) is 3.99. The minimum absolute atomic E-state index is 0. The van der Waals surface area contributed by atoms with E-state index in [0.717, 1.165) is 17.6 Å². The van der Waals surface area contributed by atoms with Gasteiger partial charge in [0.25, 0.3) is 0 Å². The Bertz CT molecular complexity index is 580. The van der Waals surface area contributed by atoms with E-state index in [1.807, 2.05) is 6.92 Å². The number of Topliss-reactive ketones (excluding diaryl/α,β-unsaturated/α-hetero) is 2. The van der Waals surface area contributed by atoms with Crippen LogP contribution in [0.25, 0.3) is 0 Å². The summed E-state index contributed by atoms with van der Waals surface area (Å²) >= 11 is 0. The first-order chi connectivity index (χ1) is 9.40. The van der Waals surface area contributed by atoms with Crippen molar-refractivity contribution in [1.29, 1.82) is 0 Å². The van der Waals surface area contributed by atoms with Crippen LogP contribution in [0.2, 0.25) is 0 Å². The van der Waals surface area contributed by atoms with Gasteiger partial charge in [0.2, 0.25) is 0 Å². The predicted molar refractivity (Wildman–Crippen MR) is 78.3 cm³/mol. The quantitative estimate of drug-likeness (QED) is 0.762. The van der Waals surface area contributed by atoms with Crippen LogP contribution in [0.15, 0.2) is 30.4 Å². The lowest BCUT2D eigenvalue weighted by Crippen LogP contribution is -2.26. The van der Waals surface area contributed by atoms with Gasteiger partial charge in [-0.15, -0.1) is 6.58 Å². The molecule has 2 rings (SSSR count). The molecule has 0 saturated carbocycles. The highest BCUT2D eigenvalue weighted by Crippen LogP contribution is 2.35. The Morgan fingerprint density at radius 2 is 2.20 bits per heavy atom. The highest BCUT2D eigenvalue weighted by atomic mass is 19.1. The lowest BCUT2D eigenvalue weighted by Gasteiger charge is -2.19. The van der Waals surface area contributed by atoms with Crippen LogP contribution in [0.1, 0.15) is 44.0 Å². The maximum atomic E-state index is 13.2. The zero-order valence-electron chi connectivity index (χ0n) is 11.9. The largest absolute Gasteiger partial charge is 0.300 e. The van der Waals surface area contributed by atoms with Gasteiger partial charge >= 0.3 is 0 Å². The van der Waals surface area contributed by atoms with E-state index in [2.05, 4.69) is 6.58 Å². The molecule has 1 aromatic rings. The lowest BCUT2D eigenvalue weighted by atomic mass is 9.82. The van der Waals surface area contributed by atoms with Gasteiger partial charge < -0.3 is 0 Å². The van der Waals surface area contributed by atoms with E-state index in [0.29, 0.717) is 18.4 Å².